The minimum Gasteiger partial charge on any atom is -0.481 e. The SMILES string of the molecule is CC(Oc1ccc(Cl)cc1)C(=O)N1CCCC1CNC(=O)OC(C)(C)C. The van der Waals surface area contributed by atoms with Crippen molar-refractivity contribution in [3.8, 4) is 5.75 Å². The Kier molecular flexibility index (Phi) is 6.75. The second kappa shape index (κ2) is 8.62. The van der Waals surface area contributed by atoms with Crippen LogP contribution in [0.2, 0.25) is 5.02 Å². The third kappa shape index (κ3) is 6.09. The highest BCUT2D eigenvalue weighted by atomic mass is 35.5. The monoisotopic (exact) mass is 382 g/mol. The predicted octanol–water partition coefficient (Wildman–Crippen LogP) is 3.62. The summed E-state index contributed by atoms with van der Waals surface area (Å²) in [6, 6.07) is 6.86. The average molecular weight is 383 g/mol. The van der Waals surface area contributed by atoms with Gasteiger partial charge in [0.25, 0.3) is 5.91 Å². The predicted molar refractivity (Wildman–Crippen MR) is 101 cm³/mol. The summed E-state index contributed by atoms with van der Waals surface area (Å²) in [7, 11) is 0. The number of alkyl carbamates (subject to hydrolysis) is 1. The molecule has 2 rings (SSSR count). The number of rotatable bonds is 5. The van der Waals surface area contributed by atoms with Gasteiger partial charge in [-0.3, -0.25) is 4.79 Å². The first-order chi connectivity index (χ1) is 12.2. The van der Waals surface area contributed by atoms with Gasteiger partial charge < -0.3 is 19.7 Å². The van der Waals surface area contributed by atoms with E-state index < -0.39 is 17.8 Å². The van der Waals surface area contributed by atoms with Crippen LogP contribution in [0.25, 0.3) is 0 Å². The number of carbonyl (C=O) groups excluding carboxylic acids is 2. The van der Waals surface area contributed by atoms with Gasteiger partial charge in [-0.15, -0.1) is 0 Å². The van der Waals surface area contributed by atoms with Gasteiger partial charge in [-0.05, 0) is 64.8 Å². The first kappa shape index (κ1) is 20.4. The van der Waals surface area contributed by atoms with Crippen LogP contribution in [0.4, 0.5) is 4.79 Å². The molecule has 0 bridgehead atoms. The van der Waals surface area contributed by atoms with E-state index in [2.05, 4.69) is 5.32 Å². The Morgan fingerprint density at radius 3 is 2.58 bits per heavy atom. The number of hydrogen-bond acceptors (Lipinski definition) is 4. The maximum absolute atomic E-state index is 12.7. The van der Waals surface area contributed by atoms with Crippen LogP contribution < -0.4 is 10.1 Å². The molecule has 0 radical (unpaired) electrons. The molecule has 6 nitrogen and oxygen atoms in total. The normalized spacial score (nSPS) is 18.3. The molecule has 1 aromatic rings. The van der Waals surface area contributed by atoms with Crippen molar-refractivity contribution in [3.63, 3.8) is 0 Å². The van der Waals surface area contributed by atoms with Gasteiger partial charge in [0.15, 0.2) is 6.10 Å². The molecule has 1 saturated heterocycles. The van der Waals surface area contributed by atoms with Crippen molar-refractivity contribution in [2.24, 2.45) is 0 Å². The van der Waals surface area contributed by atoms with Crippen LogP contribution in [0, 0.1) is 0 Å². The molecule has 26 heavy (non-hydrogen) atoms. The zero-order chi connectivity index (χ0) is 19.3. The molecule has 1 heterocycles. The minimum atomic E-state index is -0.613. The molecule has 1 aliphatic heterocycles. The number of carbonyl (C=O) groups is 2. The number of nitrogens with one attached hydrogen (secondary N) is 1. The van der Waals surface area contributed by atoms with Gasteiger partial charge in [0, 0.05) is 24.2 Å². The van der Waals surface area contributed by atoms with Gasteiger partial charge in [0.05, 0.1) is 0 Å². The van der Waals surface area contributed by atoms with E-state index in [0.717, 1.165) is 12.8 Å². The summed E-state index contributed by atoms with van der Waals surface area (Å²) in [4.78, 5) is 26.3. The molecule has 1 aliphatic rings. The first-order valence-electron chi connectivity index (χ1n) is 8.85. The van der Waals surface area contributed by atoms with E-state index in [9.17, 15) is 9.59 Å². The van der Waals surface area contributed by atoms with Crippen molar-refractivity contribution in [1.82, 2.24) is 10.2 Å². The molecule has 2 amide bonds. The third-order valence-electron chi connectivity index (χ3n) is 4.02. The molecule has 144 valence electrons. The molecule has 1 fully saturated rings. The Hall–Kier alpha value is -1.95. The van der Waals surface area contributed by atoms with Gasteiger partial charge >= 0.3 is 6.09 Å². The molecule has 1 aromatic carbocycles. The van der Waals surface area contributed by atoms with Crippen molar-refractivity contribution < 1.29 is 19.1 Å². The van der Waals surface area contributed by atoms with Crippen LogP contribution in [-0.2, 0) is 9.53 Å². The smallest absolute Gasteiger partial charge is 0.407 e. The van der Waals surface area contributed by atoms with E-state index in [1.165, 1.54) is 0 Å². The zero-order valence-corrected chi connectivity index (χ0v) is 16.5. The van der Waals surface area contributed by atoms with Crippen molar-refractivity contribution in [2.75, 3.05) is 13.1 Å². The lowest BCUT2D eigenvalue weighted by atomic mass is 10.2. The third-order valence-corrected chi connectivity index (χ3v) is 4.27. The van der Waals surface area contributed by atoms with Gasteiger partial charge in [0.2, 0.25) is 0 Å². The average Bonchev–Trinajstić information content (AvgIpc) is 3.01. The van der Waals surface area contributed by atoms with Crippen LogP contribution in [0.5, 0.6) is 5.75 Å². The summed E-state index contributed by atoms with van der Waals surface area (Å²) in [6.07, 6.45) is 0.662. The highest BCUT2D eigenvalue weighted by Crippen LogP contribution is 2.21. The van der Waals surface area contributed by atoms with Gasteiger partial charge in [-0.2, -0.15) is 0 Å². The van der Waals surface area contributed by atoms with Crippen LogP contribution in [0.1, 0.15) is 40.5 Å². The minimum absolute atomic E-state index is 0.0497. The van der Waals surface area contributed by atoms with Crippen molar-refractivity contribution >= 4 is 23.6 Å². The van der Waals surface area contributed by atoms with E-state index in [-0.39, 0.29) is 11.9 Å². The van der Waals surface area contributed by atoms with Crippen LogP contribution >= 0.6 is 11.6 Å². The summed E-state index contributed by atoms with van der Waals surface area (Å²) in [5.41, 5.74) is -0.545. The molecule has 2 unspecified atom stereocenters. The number of amides is 2. The van der Waals surface area contributed by atoms with Gasteiger partial charge in [0.1, 0.15) is 11.4 Å². The Bertz CT molecular complexity index is 627. The molecule has 1 N–H and O–H groups in total. The fraction of sp³-hybridized carbons (Fsp3) is 0.579. The summed E-state index contributed by atoms with van der Waals surface area (Å²) in [5, 5.41) is 3.37. The van der Waals surface area contributed by atoms with Crippen LogP contribution in [-0.4, -0.2) is 47.7 Å². The van der Waals surface area contributed by atoms with E-state index in [4.69, 9.17) is 21.1 Å². The molecule has 2 atom stereocenters. The second-order valence-electron chi connectivity index (χ2n) is 7.42. The highest BCUT2D eigenvalue weighted by Gasteiger charge is 2.32. The van der Waals surface area contributed by atoms with Gasteiger partial charge in [-0.25, -0.2) is 4.79 Å². The molecular weight excluding hydrogens is 356 g/mol. The number of halogens is 1. The van der Waals surface area contributed by atoms with E-state index in [1.54, 1.807) is 36.1 Å². The van der Waals surface area contributed by atoms with Crippen LogP contribution in [0.15, 0.2) is 24.3 Å². The first-order valence-corrected chi connectivity index (χ1v) is 9.23. The lowest BCUT2D eigenvalue weighted by molar-refractivity contribution is -0.138. The van der Waals surface area contributed by atoms with Crippen molar-refractivity contribution in [2.45, 2.75) is 58.3 Å². The fourth-order valence-electron chi connectivity index (χ4n) is 2.85. The maximum Gasteiger partial charge on any atom is 0.407 e. The molecule has 7 heteroatoms. The standard InChI is InChI=1S/C19H27ClN2O4/c1-13(25-16-9-7-14(20)8-10-16)17(23)22-11-5-6-15(22)12-21-18(24)26-19(2,3)4/h7-10,13,15H,5-6,11-12H2,1-4H3,(H,21,24). The molecule has 0 aliphatic carbocycles. The van der Waals surface area contributed by atoms with Crippen molar-refractivity contribution in [1.29, 1.82) is 0 Å². The Morgan fingerprint density at radius 1 is 1.31 bits per heavy atom. The summed E-state index contributed by atoms with van der Waals surface area (Å²) in [6.45, 7) is 8.20. The Morgan fingerprint density at radius 2 is 1.96 bits per heavy atom. The number of nitrogens with zero attached hydrogens (tertiary/aromatic N) is 1. The van der Waals surface area contributed by atoms with Crippen molar-refractivity contribution in [3.05, 3.63) is 29.3 Å². The molecular formula is C19H27ClN2O4. The van der Waals surface area contributed by atoms with E-state index in [0.29, 0.717) is 23.9 Å². The summed E-state index contributed by atoms with van der Waals surface area (Å²) >= 11 is 5.86. The Balaban J connectivity index is 1.88. The second-order valence-corrected chi connectivity index (χ2v) is 7.86. The summed E-state index contributed by atoms with van der Waals surface area (Å²) < 4.78 is 11.0. The number of hydrogen-bond donors (Lipinski definition) is 1. The Labute approximate surface area is 159 Å². The number of benzene rings is 1. The maximum atomic E-state index is 12.7. The topological polar surface area (TPSA) is 67.9 Å². The quantitative estimate of drug-likeness (QED) is 0.844. The van der Waals surface area contributed by atoms with Crippen LogP contribution in [0.3, 0.4) is 0 Å². The lowest BCUT2D eigenvalue weighted by Crippen LogP contribution is -2.48. The molecule has 0 aromatic heterocycles. The highest BCUT2D eigenvalue weighted by molar-refractivity contribution is 6.30. The molecule has 0 saturated carbocycles. The van der Waals surface area contributed by atoms with E-state index >= 15 is 0 Å². The lowest BCUT2D eigenvalue weighted by Gasteiger charge is -2.28. The molecule has 0 spiro atoms. The fourth-order valence-corrected chi connectivity index (χ4v) is 2.98. The van der Waals surface area contributed by atoms with E-state index in [1.807, 2.05) is 20.8 Å². The zero-order valence-electron chi connectivity index (χ0n) is 15.8. The number of ether oxygens (including phenoxy) is 2. The van der Waals surface area contributed by atoms with Gasteiger partial charge in [-0.1, -0.05) is 11.6 Å². The summed E-state index contributed by atoms with van der Waals surface area (Å²) in [5.74, 6) is 0.506. The number of likely N-dealkylation sites (tertiary alicyclic amines) is 1. The largest absolute Gasteiger partial charge is 0.481 e.